The minimum atomic E-state index is -1.10. The number of ether oxygens (including phenoxy) is 1. The number of nitrogens with zero attached hydrogens (tertiary/aromatic N) is 1. The molecule has 0 aliphatic carbocycles. The number of halogens is 1. The van der Waals surface area contributed by atoms with Crippen molar-refractivity contribution < 1.29 is 14.6 Å². The lowest BCUT2D eigenvalue weighted by atomic mass is 10.2. The number of carboxylic acid groups (broad SMARTS) is 1. The summed E-state index contributed by atoms with van der Waals surface area (Å²) in [6, 6.07) is 1.58. The standard InChI is InChI=1S/C8H9ClN2O3/c1-14-7-2-5(3-11-8(12)13)6(9)4-10-7/h2,4,11H,3H2,1H3,(H,12,13). The maximum absolute atomic E-state index is 10.2. The molecule has 2 N–H and O–H groups in total. The van der Waals surface area contributed by atoms with Crippen LogP contribution in [0.4, 0.5) is 4.79 Å². The van der Waals surface area contributed by atoms with Gasteiger partial charge in [0.1, 0.15) is 0 Å². The summed E-state index contributed by atoms with van der Waals surface area (Å²) in [7, 11) is 1.48. The molecule has 0 spiro atoms. The van der Waals surface area contributed by atoms with Gasteiger partial charge in [-0.2, -0.15) is 0 Å². The minimum absolute atomic E-state index is 0.132. The summed E-state index contributed by atoms with van der Waals surface area (Å²) >= 11 is 5.79. The first kappa shape index (κ1) is 10.6. The van der Waals surface area contributed by atoms with E-state index in [1.165, 1.54) is 13.3 Å². The highest BCUT2D eigenvalue weighted by molar-refractivity contribution is 6.31. The monoisotopic (exact) mass is 216 g/mol. The van der Waals surface area contributed by atoms with Crippen molar-refractivity contribution in [2.24, 2.45) is 0 Å². The second-order valence-corrected chi connectivity index (χ2v) is 2.88. The Bertz CT molecular complexity index is 343. The molecule has 0 aliphatic heterocycles. The second-order valence-electron chi connectivity index (χ2n) is 2.48. The minimum Gasteiger partial charge on any atom is -0.481 e. The first-order chi connectivity index (χ1) is 6.63. The van der Waals surface area contributed by atoms with Gasteiger partial charge in [-0.15, -0.1) is 0 Å². The van der Waals surface area contributed by atoms with Gasteiger partial charge in [0.15, 0.2) is 0 Å². The van der Waals surface area contributed by atoms with Crippen LogP contribution in [0.15, 0.2) is 12.3 Å². The Hall–Kier alpha value is -1.49. The Morgan fingerprint density at radius 2 is 2.50 bits per heavy atom. The Morgan fingerprint density at radius 1 is 1.79 bits per heavy atom. The maximum Gasteiger partial charge on any atom is 0.404 e. The normalized spacial score (nSPS) is 9.57. The van der Waals surface area contributed by atoms with Crippen molar-refractivity contribution >= 4 is 17.7 Å². The highest BCUT2D eigenvalue weighted by atomic mass is 35.5. The van der Waals surface area contributed by atoms with Gasteiger partial charge in [0.2, 0.25) is 5.88 Å². The maximum atomic E-state index is 10.2. The van der Waals surface area contributed by atoms with Gasteiger partial charge in [0.25, 0.3) is 0 Å². The molecule has 1 rings (SSSR count). The van der Waals surface area contributed by atoms with Crippen molar-refractivity contribution in [2.75, 3.05) is 7.11 Å². The third-order valence-corrected chi connectivity index (χ3v) is 1.89. The van der Waals surface area contributed by atoms with Gasteiger partial charge >= 0.3 is 6.09 Å². The smallest absolute Gasteiger partial charge is 0.404 e. The fraction of sp³-hybridized carbons (Fsp3) is 0.250. The molecule has 0 saturated carbocycles. The van der Waals surface area contributed by atoms with Gasteiger partial charge in [0.05, 0.1) is 12.1 Å². The van der Waals surface area contributed by atoms with Crippen molar-refractivity contribution in [3.05, 3.63) is 22.8 Å². The fourth-order valence-electron chi connectivity index (χ4n) is 0.876. The van der Waals surface area contributed by atoms with E-state index < -0.39 is 6.09 Å². The summed E-state index contributed by atoms with van der Waals surface area (Å²) in [4.78, 5) is 14.1. The zero-order valence-electron chi connectivity index (χ0n) is 7.45. The number of nitrogens with one attached hydrogen (secondary N) is 1. The molecule has 6 heteroatoms. The summed E-state index contributed by atoms with van der Waals surface area (Å²) < 4.78 is 4.87. The second kappa shape index (κ2) is 4.66. The molecule has 0 aromatic carbocycles. The third kappa shape index (κ3) is 2.77. The van der Waals surface area contributed by atoms with Crippen LogP contribution in [-0.2, 0) is 6.54 Å². The summed E-state index contributed by atoms with van der Waals surface area (Å²) in [6.45, 7) is 0.132. The molecule has 76 valence electrons. The number of hydrogen-bond acceptors (Lipinski definition) is 3. The van der Waals surface area contributed by atoms with Crippen molar-refractivity contribution in [3.63, 3.8) is 0 Å². The van der Waals surface area contributed by atoms with Crippen molar-refractivity contribution in [2.45, 2.75) is 6.54 Å². The molecule has 0 saturated heterocycles. The highest BCUT2D eigenvalue weighted by Crippen LogP contribution is 2.18. The van der Waals surface area contributed by atoms with E-state index in [9.17, 15) is 4.79 Å². The van der Waals surface area contributed by atoms with Gasteiger partial charge < -0.3 is 15.2 Å². The van der Waals surface area contributed by atoms with Crippen LogP contribution in [0, 0.1) is 0 Å². The number of pyridine rings is 1. The van der Waals surface area contributed by atoms with E-state index in [-0.39, 0.29) is 6.54 Å². The van der Waals surface area contributed by atoms with Crippen molar-refractivity contribution in [3.8, 4) is 5.88 Å². The van der Waals surface area contributed by atoms with Crippen LogP contribution in [0.2, 0.25) is 5.02 Å². The van der Waals surface area contributed by atoms with Gasteiger partial charge in [-0.3, -0.25) is 0 Å². The molecular formula is C8H9ClN2O3. The van der Waals surface area contributed by atoms with Crippen LogP contribution >= 0.6 is 11.6 Å². The van der Waals surface area contributed by atoms with Crippen molar-refractivity contribution in [1.29, 1.82) is 0 Å². The van der Waals surface area contributed by atoms with Gasteiger partial charge in [-0.25, -0.2) is 9.78 Å². The van der Waals surface area contributed by atoms with E-state index in [1.807, 2.05) is 0 Å². The molecule has 0 atom stereocenters. The molecule has 1 aromatic rings. The molecule has 0 unspecified atom stereocenters. The van der Waals surface area contributed by atoms with Crippen LogP contribution < -0.4 is 10.1 Å². The fourth-order valence-corrected chi connectivity index (χ4v) is 1.05. The van der Waals surface area contributed by atoms with Crippen LogP contribution in [0.25, 0.3) is 0 Å². The van der Waals surface area contributed by atoms with E-state index in [1.54, 1.807) is 6.07 Å². The topological polar surface area (TPSA) is 71.5 Å². The SMILES string of the molecule is COc1cc(CNC(=O)O)c(Cl)cn1. The van der Waals surface area contributed by atoms with Gasteiger partial charge in [0, 0.05) is 18.8 Å². The zero-order valence-corrected chi connectivity index (χ0v) is 8.21. The Morgan fingerprint density at radius 3 is 3.07 bits per heavy atom. The number of carbonyl (C=O) groups is 1. The van der Waals surface area contributed by atoms with Gasteiger partial charge in [-0.05, 0) is 5.56 Å². The number of rotatable bonds is 3. The predicted molar refractivity (Wildman–Crippen MR) is 50.7 cm³/mol. The van der Waals surface area contributed by atoms with E-state index in [0.29, 0.717) is 16.5 Å². The number of aromatic nitrogens is 1. The lowest BCUT2D eigenvalue weighted by molar-refractivity contribution is 0.194. The molecule has 0 bridgehead atoms. The largest absolute Gasteiger partial charge is 0.481 e. The van der Waals surface area contributed by atoms with Crippen molar-refractivity contribution in [1.82, 2.24) is 10.3 Å². The molecule has 0 aliphatic rings. The predicted octanol–water partition coefficient (Wildman–Crippen LogP) is 1.51. The average molecular weight is 217 g/mol. The molecule has 1 aromatic heterocycles. The number of hydrogen-bond donors (Lipinski definition) is 2. The molecule has 5 nitrogen and oxygen atoms in total. The number of methoxy groups -OCH3 is 1. The van der Waals surface area contributed by atoms with Crippen LogP contribution in [-0.4, -0.2) is 23.3 Å². The highest BCUT2D eigenvalue weighted by Gasteiger charge is 2.04. The summed E-state index contributed by atoms with van der Waals surface area (Å²) in [5.74, 6) is 0.400. The van der Waals surface area contributed by atoms with E-state index >= 15 is 0 Å². The van der Waals surface area contributed by atoms with E-state index in [0.717, 1.165) is 0 Å². The van der Waals surface area contributed by atoms with E-state index in [4.69, 9.17) is 21.4 Å². The molecule has 1 amide bonds. The molecule has 0 fully saturated rings. The first-order valence-corrected chi connectivity index (χ1v) is 4.16. The molecular weight excluding hydrogens is 208 g/mol. The van der Waals surface area contributed by atoms with Crippen LogP contribution in [0.1, 0.15) is 5.56 Å². The Labute approximate surface area is 85.7 Å². The lowest BCUT2D eigenvalue weighted by Gasteiger charge is -2.05. The molecule has 14 heavy (non-hydrogen) atoms. The lowest BCUT2D eigenvalue weighted by Crippen LogP contribution is -2.20. The van der Waals surface area contributed by atoms with Crippen LogP contribution in [0.5, 0.6) is 5.88 Å². The Kier molecular flexibility index (Phi) is 3.53. The van der Waals surface area contributed by atoms with E-state index in [2.05, 4.69) is 10.3 Å². The molecule has 0 radical (unpaired) electrons. The summed E-state index contributed by atoms with van der Waals surface area (Å²) in [6.07, 6.45) is 0.316. The Balaban J connectivity index is 2.78. The zero-order chi connectivity index (χ0) is 10.6. The third-order valence-electron chi connectivity index (χ3n) is 1.55. The summed E-state index contributed by atoms with van der Waals surface area (Å²) in [5, 5.41) is 11.0. The summed E-state index contributed by atoms with van der Waals surface area (Å²) in [5.41, 5.74) is 0.626. The van der Waals surface area contributed by atoms with Gasteiger partial charge in [-0.1, -0.05) is 11.6 Å². The van der Waals surface area contributed by atoms with Crippen LogP contribution in [0.3, 0.4) is 0 Å². The first-order valence-electron chi connectivity index (χ1n) is 3.78. The average Bonchev–Trinajstić information content (AvgIpc) is 2.16. The molecule has 1 heterocycles. The quantitative estimate of drug-likeness (QED) is 0.804. The number of amides is 1.